The highest BCUT2D eigenvalue weighted by molar-refractivity contribution is 6.31. The van der Waals surface area contributed by atoms with Gasteiger partial charge in [-0.2, -0.15) is 0 Å². The molecular weight excluding hydrogens is 382 g/mol. The maximum atomic E-state index is 12.5. The van der Waals surface area contributed by atoms with E-state index in [9.17, 15) is 19.7 Å². The molecule has 1 atom stereocenters. The number of nitrogens with one attached hydrogen (secondary N) is 1. The Balaban J connectivity index is 1.96. The van der Waals surface area contributed by atoms with Crippen molar-refractivity contribution in [3.05, 3.63) is 74.5 Å². The Morgan fingerprint density at radius 2 is 2.00 bits per heavy atom. The molecular formula is C20H18ClN3O4. The van der Waals surface area contributed by atoms with E-state index in [-0.39, 0.29) is 33.5 Å². The molecule has 1 heterocycles. The van der Waals surface area contributed by atoms with Gasteiger partial charge in [-0.25, -0.2) is 4.99 Å². The van der Waals surface area contributed by atoms with E-state index in [1.807, 2.05) is 26.8 Å². The molecule has 1 unspecified atom stereocenters. The molecule has 7 nitrogen and oxygen atoms in total. The highest BCUT2D eigenvalue weighted by Crippen LogP contribution is 2.38. The normalized spacial score (nSPS) is 20.2. The Kier molecular flexibility index (Phi) is 5.04. The summed E-state index contributed by atoms with van der Waals surface area (Å²) in [7, 11) is 0. The Morgan fingerprint density at radius 1 is 1.29 bits per heavy atom. The van der Waals surface area contributed by atoms with Crippen LogP contribution in [0.3, 0.4) is 0 Å². The molecule has 1 aromatic carbocycles. The number of carbonyl (C=O) groups excluding carboxylic acids is 2. The smallest absolute Gasteiger partial charge is 0.284 e. The van der Waals surface area contributed by atoms with E-state index in [0.29, 0.717) is 11.4 Å². The van der Waals surface area contributed by atoms with Crippen LogP contribution in [0.1, 0.15) is 31.1 Å². The third-order valence-corrected chi connectivity index (χ3v) is 4.70. The molecule has 0 saturated heterocycles. The lowest BCUT2D eigenvalue weighted by Crippen LogP contribution is -2.36. The molecule has 0 aromatic heterocycles. The van der Waals surface area contributed by atoms with Crippen LogP contribution in [0, 0.1) is 21.4 Å². The first kappa shape index (κ1) is 19.7. The molecule has 28 heavy (non-hydrogen) atoms. The average Bonchev–Trinajstić information content (AvgIpc) is 2.59. The first-order chi connectivity index (χ1) is 13.1. The van der Waals surface area contributed by atoms with Gasteiger partial charge in [0.1, 0.15) is 5.56 Å². The van der Waals surface area contributed by atoms with Gasteiger partial charge < -0.3 is 5.32 Å². The number of nitro groups is 1. The van der Waals surface area contributed by atoms with Crippen molar-refractivity contribution in [2.45, 2.75) is 20.8 Å². The Bertz CT molecular complexity index is 1010. The fraction of sp³-hybridized carbons (Fsp3) is 0.250. The van der Waals surface area contributed by atoms with Crippen LogP contribution in [0.15, 0.2) is 58.8 Å². The molecule has 1 aliphatic heterocycles. The minimum atomic E-state index is -0.780. The largest absolute Gasteiger partial charge is 0.325 e. The SMILES string of the molecule is CC(C)(C)C1=CC(=O)NC2=CC(=NC(=O)c3cc(Cl)ccc3[N+](=O)[O-])C=CC21. The minimum Gasteiger partial charge on any atom is -0.325 e. The molecule has 0 spiro atoms. The topological polar surface area (TPSA) is 102 Å². The molecule has 0 saturated carbocycles. The van der Waals surface area contributed by atoms with E-state index in [1.54, 1.807) is 18.2 Å². The van der Waals surface area contributed by atoms with Gasteiger partial charge in [-0.15, -0.1) is 0 Å². The van der Waals surface area contributed by atoms with Crippen LogP contribution >= 0.6 is 11.6 Å². The van der Waals surface area contributed by atoms with Gasteiger partial charge in [-0.3, -0.25) is 19.7 Å². The first-order valence-electron chi connectivity index (χ1n) is 8.56. The van der Waals surface area contributed by atoms with E-state index in [1.165, 1.54) is 18.2 Å². The second-order valence-electron chi connectivity index (χ2n) is 7.54. The second kappa shape index (κ2) is 7.16. The standard InChI is InChI=1S/C20H18ClN3O4/c1-20(2,3)15-10-18(25)23-16-9-12(5-6-13(15)16)22-19(26)14-8-11(21)4-7-17(14)24(27)28/h4-10,13H,1-3H3,(H,23,25). The van der Waals surface area contributed by atoms with E-state index >= 15 is 0 Å². The van der Waals surface area contributed by atoms with Crippen LogP contribution in [-0.2, 0) is 4.79 Å². The van der Waals surface area contributed by atoms with Gasteiger partial charge in [0, 0.05) is 28.8 Å². The number of nitrogens with zero attached hydrogens (tertiary/aromatic N) is 2. The molecule has 144 valence electrons. The second-order valence-corrected chi connectivity index (χ2v) is 7.97. The molecule has 3 rings (SSSR count). The fourth-order valence-corrected chi connectivity index (χ4v) is 3.33. The van der Waals surface area contributed by atoms with E-state index in [0.717, 1.165) is 5.57 Å². The van der Waals surface area contributed by atoms with Crippen molar-refractivity contribution in [1.82, 2.24) is 5.32 Å². The molecule has 1 aromatic rings. The van der Waals surface area contributed by atoms with Crippen LogP contribution in [0.2, 0.25) is 5.02 Å². The summed E-state index contributed by atoms with van der Waals surface area (Å²) in [5.41, 5.74) is 1.09. The quantitative estimate of drug-likeness (QED) is 0.599. The number of amides is 2. The van der Waals surface area contributed by atoms with Crippen molar-refractivity contribution in [2.75, 3.05) is 0 Å². The number of fused-ring (bicyclic) bond motifs is 1. The summed E-state index contributed by atoms with van der Waals surface area (Å²) in [5, 5.41) is 14.1. The molecule has 8 heteroatoms. The Labute approximate surface area is 166 Å². The molecule has 1 N–H and O–H groups in total. The summed E-state index contributed by atoms with van der Waals surface area (Å²) in [5.74, 6) is -1.14. The zero-order valence-corrected chi connectivity index (χ0v) is 16.3. The fourth-order valence-electron chi connectivity index (χ4n) is 3.16. The van der Waals surface area contributed by atoms with E-state index in [4.69, 9.17) is 11.6 Å². The summed E-state index contributed by atoms with van der Waals surface area (Å²) in [4.78, 5) is 39.0. The van der Waals surface area contributed by atoms with Crippen LogP contribution in [0.25, 0.3) is 0 Å². The van der Waals surface area contributed by atoms with Crippen molar-refractivity contribution in [2.24, 2.45) is 16.3 Å². The summed E-state index contributed by atoms with van der Waals surface area (Å²) < 4.78 is 0. The highest BCUT2D eigenvalue weighted by Gasteiger charge is 2.33. The Hall–Kier alpha value is -3.06. The van der Waals surface area contributed by atoms with Crippen LogP contribution in [0.5, 0.6) is 0 Å². The van der Waals surface area contributed by atoms with Crippen molar-refractivity contribution < 1.29 is 14.5 Å². The van der Waals surface area contributed by atoms with Crippen molar-refractivity contribution in [3.8, 4) is 0 Å². The zero-order chi connectivity index (χ0) is 20.6. The number of rotatable bonds is 2. The third-order valence-electron chi connectivity index (χ3n) is 4.47. The maximum absolute atomic E-state index is 12.5. The van der Waals surface area contributed by atoms with Gasteiger partial charge in [0.2, 0.25) is 5.91 Å². The molecule has 2 amide bonds. The van der Waals surface area contributed by atoms with E-state index < -0.39 is 10.8 Å². The molecule has 0 radical (unpaired) electrons. The third kappa shape index (κ3) is 3.94. The molecule has 0 bridgehead atoms. The number of carbonyl (C=O) groups is 2. The lowest BCUT2D eigenvalue weighted by Gasteiger charge is -2.34. The molecule has 0 fully saturated rings. The monoisotopic (exact) mass is 399 g/mol. The predicted octanol–water partition coefficient (Wildman–Crippen LogP) is 4.00. The number of aliphatic imine (C=N–C) groups is 1. The van der Waals surface area contributed by atoms with Crippen molar-refractivity contribution in [1.29, 1.82) is 0 Å². The van der Waals surface area contributed by atoms with Crippen LogP contribution in [0.4, 0.5) is 5.69 Å². The average molecular weight is 400 g/mol. The van der Waals surface area contributed by atoms with Gasteiger partial charge in [-0.05, 0) is 35.3 Å². The number of nitro benzene ring substituents is 1. The maximum Gasteiger partial charge on any atom is 0.284 e. The summed E-state index contributed by atoms with van der Waals surface area (Å²) in [6.45, 7) is 6.07. The lowest BCUT2D eigenvalue weighted by molar-refractivity contribution is -0.385. The van der Waals surface area contributed by atoms with E-state index in [2.05, 4.69) is 10.3 Å². The van der Waals surface area contributed by atoms with Gasteiger partial charge in [-0.1, -0.05) is 38.4 Å². The summed E-state index contributed by atoms with van der Waals surface area (Å²) >= 11 is 5.87. The number of hydrogen-bond donors (Lipinski definition) is 1. The summed E-state index contributed by atoms with van der Waals surface area (Å²) in [6, 6.07) is 3.73. The van der Waals surface area contributed by atoms with Gasteiger partial charge in [0.15, 0.2) is 0 Å². The predicted molar refractivity (Wildman–Crippen MR) is 106 cm³/mol. The minimum absolute atomic E-state index is 0.118. The summed E-state index contributed by atoms with van der Waals surface area (Å²) in [6.07, 6.45) is 6.72. The number of benzene rings is 1. The van der Waals surface area contributed by atoms with Crippen molar-refractivity contribution in [3.63, 3.8) is 0 Å². The first-order valence-corrected chi connectivity index (χ1v) is 8.94. The molecule has 1 aliphatic carbocycles. The molecule has 2 aliphatic rings. The Morgan fingerprint density at radius 3 is 2.64 bits per heavy atom. The van der Waals surface area contributed by atoms with Crippen molar-refractivity contribution >= 4 is 34.8 Å². The number of hydrogen-bond acceptors (Lipinski definition) is 4. The van der Waals surface area contributed by atoms with Gasteiger partial charge in [0.05, 0.1) is 10.6 Å². The van der Waals surface area contributed by atoms with Crippen LogP contribution in [-0.4, -0.2) is 22.4 Å². The zero-order valence-electron chi connectivity index (χ0n) is 15.5. The van der Waals surface area contributed by atoms with Crippen LogP contribution < -0.4 is 5.32 Å². The highest BCUT2D eigenvalue weighted by atomic mass is 35.5. The number of halogens is 1. The lowest BCUT2D eigenvalue weighted by atomic mass is 9.74. The van der Waals surface area contributed by atoms with Gasteiger partial charge in [0.25, 0.3) is 11.6 Å². The number of allylic oxidation sites excluding steroid dienone is 3. The van der Waals surface area contributed by atoms with Gasteiger partial charge >= 0.3 is 0 Å².